The van der Waals surface area contributed by atoms with E-state index in [1.54, 1.807) is 11.9 Å². The van der Waals surface area contributed by atoms with Crippen LogP contribution in [0.1, 0.15) is 12.8 Å². The smallest absolute Gasteiger partial charge is 0.240 e. The predicted octanol–water partition coefficient (Wildman–Crippen LogP) is 1.33. The molecule has 92 valence electrons. The van der Waals surface area contributed by atoms with Gasteiger partial charge in [-0.2, -0.15) is 0 Å². The predicted molar refractivity (Wildman–Crippen MR) is 69.9 cm³/mol. The molecular weight excluding hydrogens is 214 g/mol. The largest absolute Gasteiger partial charge is 0.399 e. The Hall–Kier alpha value is -1.55. The van der Waals surface area contributed by atoms with Crippen LogP contribution in [-0.4, -0.2) is 37.5 Å². The van der Waals surface area contributed by atoms with Crippen LogP contribution in [0.5, 0.6) is 0 Å². The highest BCUT2D eigenvalue weighted by molar-refractivity contribution is 5.94. The van der Waals surface area contributed by atoms with Gasteiger partial charge in [-0.15, -0.1) is 0 Å². The number of nitrogen functional groups attached to an aromatic ring is 1. The second-order valence-corrected chi connectivity index (χ2v) is 4.53. The molecule has 1 aromatic carbocycles. The van der Waals surface area contributed by atoms with E-state index < -0.39 is 0 Å². The van der Waals surface area contributed by atoms with Crippen molar-refractivity contribution in [2.45, 2.75) is 12.8 Å². The van der Waals surface area contributed by atoms with Gasteiger partial charge in [-0.1, -0.05) is 6.07 Å². The number of benzene rings is 1. The fraction of sp³-hybridized carbons (Fsp3) is 0.462. The van der Waals surface area contributed by atoms with Gasteiger partial charge < -0.3 is 10.6 Å². The molecule has 0 bridgehead atoms. The summed E-state index contributed by atoms with van der Waals surface area (Å²) in [5.74, 6) is 0.123. The lowest BCUT2D eigenvalue weighted by Gasteiger charge is -2.21. The molecule has 2 N–H and O–H groups in total. The van der Waals surface area contributed by atoms with Gasteiger partial charge in [0.1, 0.15) is 0 Å². The van der Waals surface area contributed by atoms with E-state index in [2.05, 4.69) is 4.90 Å². The van der Waals surface area contributed by atoms with Crippen LogP contribution in [0, 0.1) is 0 Å². The fourth-order valence-corrected chi connectivity index (χ4v) is 2.12. The Bertz CT molecular complexity index is 399. The lowest BCUT2D eigenvalue weighted by Crippen LogP contribution is -2.37. The van der Waals surface area contributed by atoms with Crippen molar-refractivity contribution in [3.63, 3.8) is 0 Å². The van der Waals surface area contributed by atoms with Crippen LogP contribution in [0.25, 0.3) is 0 Å². The molecule has 17 heavy (non-hydrogen) atoms. The van der Waals surface area contributed by atoms with Gasteiger partial charge in [-0.05, 0) is 44.1 Å². The minimum Gasteiger partial charge on any atom is -0.399 e. The maximum Gasteiger partial charge on any atom is 0.240 e. The maximum atomic E-state index is 12.1. The van der Waals surface area contributed by atoms with E-state index in [1.807, 2.05) is 24.3 Å². The van der Waals surface area contributed by atoms with Gasteiger partial charge in [0.2, 0.25) is 5.91 Å². The fourth-order valence-electron chi connectivity index (χ4n) is 2.12. The Morgan fingerprint density at radius 2 is 2.12 bits per heavy atom. The van der Waals surface area contributed by atoms with Gasteiger partial charge in [0.15, 0.2) is 0 Å². The summed E-state index contributed by atoms with van der Waals surface area (Å²) in [5, 5.41) is 0. The zero-order valence-electron chi connectivity index (χ0n) is 10.2. The molecule has 1 aromatic rings. The van der Waals surface area contributed by atoms with E-state index >= 15 is 0 Å². The minimum absolute atomic E-state index is 0.123. The number of likely N-dealkylation sites (N-methyl/N-ethyl adjacent to an activating group) is 1. The number of carbonyl (C=O) groups excluding carboxylic acids is 1. The molecule has 0 spiro atoms. The summed E-state index contributed by atoms with van der Waals surface area (Å²) in [6.45, 7) is 2.58. The average Bonchev–Trinajstić information content (AvgIpc) is 2.80. The second kappa shape index (κ2) is 5.19. The molecule has 0 aliphatic carbocycles. The minimum atomic E-state index is 0.123. The number of anilines is 2. The third-order valence-corrected chi connectivity index (χ3v) is 3.19. The first-order valence-corrected chi connectivity index (χ1v) is 6.01. The highest BCUT2D eigenvalue weighted by Gasteiger charge is 2.18. The van der Waals surface area contributed by atoms with Crippen LogP contribution in [0.15, 0.2) is 24.3 Å². The molecular formula is C13H19N3O. The number of rotatable bonds is 3. The van der Waals surface area contributed by atoms with E-state index in [9.17, 15) is 4.79 Å². The SMILES string of the molecule is CN(C(=O)CN1CCCC1)c1cccc(N)c1. The number of nitrogens with zero attached hydrogens (tertiary/aromatic N) is 2. The van der Waals surface area contributed by atoms with E-state index in [-0.39, 0.29) is 5.91 Å². The number of hydrogen-bond donors (Lipinski definition) is 1. The Labute approximate surface area is 102 Å². The van der Waals surface area contributed by atoms with Crippen molar-refractivity contribution in [2.75, 3.05) is 37.3 Å². The summed E-state index contributed by atoms with van der Waals surface area (Å²) in [5.41, 5.74) is 7.25. The van der Waals surface area contributed by atoms with Gasteiger partial charge in [0, 0.05) is 18.4 Å². The molecule has 4 heteroatoms. The van der Waals surface area contributed by atoms with Crippen LogP contribution < -0.4 is 10.6 Å². The van der Waals surface area contributed by atoms with Crippen molar-refractivity contribution in [1.29, 1.82) is 0 Å². The van der Waals surface area contributed by atoms with Crippen LogP contribution in [0.2, 0.25) is 0 Å². The first-order chi connectivity index (χ1) is 8.16. The molecule has 0 atom stereocenters. The van der Waals surface area contributed by atoms with Gasteiger partial charge >= 0.3 is 0 Å². The van der Waals surface area contributed by atoms with Crippen molar-refractivity contribution in [3.8, 4) is 0 Å². The summed E-state index contributed by atoms with van der Waals surface area (Å²) in [6, 6.07) is 7.41. The normalized spacial score (nSPS) is 16.1. The maximum absolute atomic E-state index is 12.1. The molecule has 0 aromatic heterocycles. The van der Waals surface area contributed by atoms with Gasteiger partial charge in [-0.3, -0.25) is 9.69 Å². The van der Waals surface area contributed by atoms with E-state index in [1.165, 1.54) is 12.8 Å². The van der Waals surface area contributed by atoms with Crippen LogP contribution in [0.4, 0.5) is 11.4 Å². The molecule has 1 heterocycles. The Balaban J connectivity index is 1.98. The molecule has 0 unspecified atom stereocenters. The Morgan fingerprint density at radius 3 is 2.76 bits per heavy atom. The molecule has 4 nitrogen and oxygen atoms in total. The van der Waals surface area contributed by atoms with Crippen molar-refractivity contribution < 1.29 is 4.79 Å². The number of carbonyl (C=O) groups is 1. The summed E-state index contributed by atoms with van der Waals surface area (Å²) >= 11 is 0. The molecule has 1 aliphatic rings. The number of likely N-dealkylation sites (tertiary alicyclic amines) is 1. The lowest BCUT2D eigenvalue weighted by atomic mass is 10.2. The average molecular weight is 233 g/mol. The number of hydrogen-bond acceptors (Lipinski definition) is 3. The van der Waals surface area contributed by atoms with Gasteiger partial charge in [-0.25, -0.2) is 0 Å². The first kappa shape index (κ1) is 11.9. The highest BCUT2D eigenvalue weighted by atomic mass is 16.2. The van der Waals surface area contributed by atoms with E-state index in [4.69, 9.17) is 5.73 Å². The number of nitrogens with two attached hydrogens (primary N) is 1. The second-order valence-electron chi connectivity index (χ2n) is 4.53. The Morgan fingerprint density at radius 1 is 1.41 bits per heavy atom. The third kappa shape index (κ3) is 2.97. The third-order valence-electron chi connectivity index (χ3n) is 3.19. The van der Waals surface area contributed by atoms with Gasteiger partial charge in [0.25, 0.3) is 0 Å². The summed E-state index contributed by atoms with van der Waals surface area (Å²) < 4.78 is 0. The molecule has 0 saturated carbocycles. The first-order valence-electron chi connectivity index (χ1n) is 6.01. The molecule has 1 amide bonds. The van der Waals surface area contributed by atoms with Crippen molar-refractivity contribution >= 4 is 17.3 Å². The number of amides is 1. The van der Waals surface area contributed by atoms with Gasteiger partial charge in [0.05, 0.1) is 6.54 Å². The molecule has 1 fully saturated rings. The van der Waals surface area contributed by atoms with E-state index in [0.717, 1.165) is 18.8 Å². The Kier molecular flexibility index (Phi) is 3.64. The van der Waals surface area contributed by atoms with E-state index in [0.29, 0.717) is 12.2 Å². The molecule has 1 aliphatic heterocycles. The summed E-state index contributed by atoms with van der Waals surface area (Å²) in [4.78, 5) is 15.9. The van der Waals surface area contributed by atoms with Crippen molar-refractivity contribution in [3.05, 3.63) is 24.3 Å². The summed E-state index contributed by atoms with van der Waals surface area (Å²) in [6.07, 6.45) is 2.41. The van der Waals surface area contributed by atoms with Crippen LogP contribution in [-0.2, 0) is 4.79 Å². The quantitative estimate of drug-likeness (QED) is 0.801. The zero-order valence-corrected chi connectivity index (χ0v) is 10.2. The summed E-state index contributed by atoms with van der Waals surface area (Å²) in [7, 11) is 1.80. The van der Waals surface area contributed by atoms with Crippen LogP contribution >= 0.6 is 0 Å². The lowest BCUT2D eigenvalue weighted by molar-refractivity contribution is -0.119. The highest BCUT2D eigenvalue weighted by Crippen LogP contribution is 2.17. The molecule has 2 rings (SSSR count). The monoisotopic (exact) mass is 233 g/mol. The molecule has 1 saturated heterocycles. The van der Waals surface area contributed by atoms with Crippen LogP contribution in [0.3, 0.4) is 0 Å². The van der Waals surface area contributed by atoms with Crippen molar-refractivity contribution in [2.24, 2.45) is 0 Å². The topological polar surface area (TPSA) is 49.6 Å². The van der Waals surface area contributed by atoms with Crippen molar-refractivity contribution in [1.82, 2.24) is 4.90 Å². The standard InChI is InChI=1S/C13H19N3O/c1-15(12-6-4-5-11(14)9-12)13(17)10-16-7-2-3-8-16/h4-6,9H,2-3,7-8,10,14H2,1H3. The zero-order chi connectivity index (χ0) is 12.3. The molecule has 0 radical (unpaired) electrons.